The van der Waals surface area contributed by atoms with Crippen molar-refractivity contribution in [3.8, 4) is 0 Å². The average molecular weight is 542 g/mol. The second kappa shape index (κ2) is 14.5. The van der Waals surface area contributed by atoms with Crippen LogP contribution >= 0.6 is 24.8 Å². The number of nitrogens with one attached hydrogen (secondary N) is 1. The van der Waals surface area contributed by atoms with Gasteiger partial charge in [-0.15, -0.1) is 24.8 Å². The number of fused-ring (bicyclic) bond motifs is 1. The van der Waals surface area contributed by atoms with Gasteiger partial charge in [-0.2, -0.15) is 0 Å². The molecule has 0 unspecified atom stereocenters. The van der Waals surface area contributed by atoms with Crippen molar-refractivity contribution in [2.75, 3.05) is 26.7 Å². The highest BCUT2D eigenvalue weighted by molar-refractivity contribution is 6.04. The number of amides is 1. The van der Waals surface area contributed by atoms with E-state index in [-0.39, 0.29) is 36.6 Å². The Bertz CT molecular complexity index is 1290. The van der Waals surface area contributed by atoms with E-state index in [9.17, 15) is 9.59 Å². The zero-order valence-electron chi connectivity index (χ0n) is 20.9. The molecule has 0 atom stereocenters. The zero-order valence-corrected chi connectivity index (χ0v) is 22.6. The van der Waals surface area contributed by atoms with Gasteiger partial charge >= 0.3 is 0 Å². The maximum Gasteiger partial charge on any atom is 0.262 e. The van der Waals surface area contributed by atoms with Gasteiger partial charge in [-0.3, -0.25) is 14.2 Å². The molecule has 6 nitrogen and oxygen atoms in total. The zero-order chi connectivity index (χ0) is 24.6. The first kappa shape index (κ1) is 30.1. The summed E-state index contributed by atoms with van der Waals surface area (Å²) < 4.78 is 1.62. The third-order valence-corrected chi connectivity index (χ3v) is 6.24. The molecule has 3 aromatic carbocycles. The van der Waals surface area contributed by atoms with Crippen LogP contribution in [0, 0.1) is 0 Å². The summed E-state index contributed by atoms with van der Waals surface area (Å²) in [4.78, 5) is 27.7. The molecule has 0 aliphatic carbocycles. The number of hydrogen-bond donors (Lipinski definition) is 2. The predicted octanol–water partition coefficient (Wildman–Crippen LogP) is 4.93. The van der Waals surface area contributed by atoms with E-state index in [0.717, 1.165) is 42.4 Å². The highest BCUT2D eigenvalue weighted by Crippen LogP contribution is 2.19. The Labute approximate surface area is 230 Å². The molecule has 0 saturated carbocycles. The van der Waals surface area contributed by atoms with E-state index in [0.29, 0.717) is 24.2 Å². The van der Waals surface area contributed by atoms with E-state index in [1.807, 2.05) is 36.4 Å². The minimum atomic E-state index is -0.109. The number of aryl methyl sites for hydroxylation is 1. The molecule has 0 aliphatic rings. The lowest BCUT2D eigenvalue weighted by molar-refractivity contribution is 0.0947. The number of halogens is 2. The van der Waals surface area contributed by atoms with Crippen LogP contribution in [0.3, 0.4) is 0 Å². The van der Waals surface area contributed by atoms with Gasteiger partial charge in [0.05, 0.1) is 5.52 Å². The maximum atomic E-state index is 12.8. The first-order valence-electron chi connectivity index (χ1n) is 12.0. The standard InChI is InChI=1S/C29H32N4O2.2ClH/c1-32(17-5-6-22-9-11-23(21-30)12-10-22)19-16-31-28(34)26-13-14-27-25(20-26)15-18-33(27)29(35)24-7-3-2-4-8-24;;/h2-4,7-15,18,20H,5-6,16-17,19,21,30H2,1H3,(H,31,34);2*1H. The van der Waals surface area contributed by atoms with Crippen LogP contribution in [0.15, 0.2) is 85.1 Å². The molecule has 37 heavy (non-hydrogen) atoms. The van der Waals surface area contributed by atoms with E-state index in [2.05, 4.69) is 41.5 Å². The fourth-order valence-electron chi connectivity index (χ4n) is 4.15. The molecule has 4 rings (SSSR count). The van der Waals surface area contributed by atoms with Crippen LogP contribution in [0.1, 0.15) is 38.3 Å². The summed E-state index contributed by atoms with van der Waals surface area (Å²) in [5.74, 6) is -0.198. The Balaban J connectivity index is 0.00000241. The Morgan fingerprint density at radius 2 is 1.57 bits per heavy atom. The molecule has 0 spiro atoms. The van der Waals surface area contributed by atoms with Crippen molar-refractivity contribution in [3.63, 3.8) is 0 Å². The minimum Gasteiger partial charge on any atom is -0.351 e. The van der Waals surface area contributed by atoms with E-state index in [1.165, 1.54) is 5.56 Å². The van der Waals surface area contributed by atoms with Crippen LogP contribution < -0.4 is 11.1 Å². The minimum absolute atomic E-state index is 0. The Kier molecular flexibility index (Phi) is 11.8. The summed E-state index contributed by atoms with van der Waals surface area (Å²) in [6.07, 6.45) is 3.83. The quantitative estimate of drug-likeness (QED) is 0.299. The molecule has 8 heteroatoms. The van der Waals surface area contributed by atoms with Crippen molar-refractivity contribution in [1.82, 2.24) is 14.8 Å². The number of nitrogens with zero attached hydrogens (tertiary/aromatic N) is 2. The average Bonchev–Trinajstić information content (AvgIpc) is 3.32. The number of likely N-dealkylation sites (N-methyl/N-ethyl adjacent to an activating group) is 1. The number of carbonyl (C=O) groups excluding carboxylic acids is 2. The van der Waals surface area contributed by atoms with Crippen molar-refractivity contribution >= 4 is 47.5 Å². The lowest BCUT2D eigenvalue weighted by Crippen LogP contribution is -2.33. The van der Waals surface area contributed by atoms with Gasteiger partial charge in [0.2, 0.25) is 0 Å². The van der Waals surface area contributed by atoms with Crippen molar-refractivity contribution in [3.05, 3.63) is 107 Å². The topological polar surface area (TPSA) is 80.4 Å². The predicted molar refractivity (Wildman–Crippen MR) is 155 cm³/mol. The van der Waals surface area contributed by atoms with Gasteiger partial charge in [-0.05, 0) is 74.0 Å². The molecule has 1 heterocycles. The van der Waals surface area contributed by atoms with Crippen LogP contribution in [0.4, 0.5) is 0 Å². The van der Waals surface area contributed by atoms with Crippen LogP contribution in [-0.2, 0) is 13.0 Å². The first-order chi connectivity index (χ1) is 17.0. The van der Waals surface area contributed by atoms with Crippen LogP contribution in [0.2, 0.25) is 0 Å². The molecule has 0 bridgehead atoms. The van der Waals surface area contributed by atoms with Gasteiger partial charge in [-0.25, -0.2) is 0 Å². The number of hydrogen-bond acceptors (Lipinski definition) is 4. The van der Waals surface area contributed by atoms with Crippen molar-refractivity contribution in [2.45, 2.75) is 19.4 Å². The molecule has 0 saturated heterocycles. The second-order valence-electron chi connectivity index (χ2n) is 8.81. The van der Waals surface area contributed by atoms with Crippen LogP contribution in [0.5, 0.6) is 0 Å². The Morgan fingerprint density at radius 3 is 2.27 bits per heavy atom. The molecule has 4 aromatic rings. The van der Waals surface area contributed by atoms with Gasteiger partial charge in [0.25, 0.3) is 11.8 Å². The summed E-state index contributed by atoms with van der Waals surface area (Å²) in [6.45, 7) is 2.89. The number of nitrogens with two attached hydrogens (primary N) is 1. The first-order valence-corrected chi connectivity index (χ1v) is 12.0. The summed E-state index contributed by atoms with van der Waals surface area (Å²) in [6, 6.07) is 24.9. The third kappa shape index (κ3) is 7.91. The smallest absolute Gasteiger partial charge is 0.262 e. The monoisotopic (exact) mass is 540 g/mol. The van der Waals surface area contributed by atoms with E-state index in [1.54, 1.807) is 29.0 Å². The summed E-state index contributed by atoms with van der Waals surface area (Å²) in [5, 5.41) is 3.86. The molecular weight excluding hydrogens is 507 g/mol. The SMILES string of the molecule is CN(CCCc1ccc(CN)cc1)CCNC(=O)c1ccc2c(ccn2C(=O)c2ccccc2)c1.Cl.Cl. The lowest BCUT2D eigenvalue weighted by atomic mass is 10.1. The fourth-order valence-corrected chi connectivity index (χ4v) is 4.15. The van der Waals surface area contributed by atoms with Crippen molar-refractivity contribution < 1.29 is 9.59 Å². The highest BCUT2D eigenvalue weighted by atomic mass is 35.5. The van der Waals surface area contributed by atoms with E-state index >= 15 is 0 Å². The fraction of sp³-hybridized carbons (Fsp3) is 0.241. The molecule has 196 valence electrons. The lowest BCUT2D eigenvalue weighted by Gasteiger charge is -2.17. The molecule has 1 aromatic heterocycles. The maximum absolute atomic E-state index is 12.8. The molecule has 1 amide bonds. The van der Waals surface area contributed by atoms with E-state index < -0.39 is 0 Å². The summed E-state index contributed by atoms with van der Waals surface area (Å²) in [5.41, 5.74) is 10.1. The molecular formula is C29H34Cl2N4O2. The van der Waals surface area contributed by atoms with Crippen LogP contribution in [-0.4, -0.2) is 48.0 Å². The summed E-state index contributed by atoms with van der Waals surface area (Å²) in [7, 11) is 2.07. The van der Waals surface area contributed by atoms with Crippen molar-refractivity contribution in [2.24, 2.45) is 5.73 Å². The second-order valence-corrected chi connectivity index (χ2v) is 8.81. The van der Waals surface area contributed by atoms with Gasteiger partial charge in [0.15, 0.2) is 0 Å². The van der Waals surface area contributed by atoms with Gasteiger partial charge in [-0.1, -0.05) is 42.5 Å². The molecule has 0 radical (unpaired) electrons. The van der Waals surface area contributed by atoms with Gasteiger partial charge in [0, 0.05) is 42.3 Å². The van der Waals surface area contributed by atoms with Crippen molar-refractivity contribution in [1.29, 1.82) is 0 Å². The van der Waals surface area contributed by atoms with Gasteiger partial charge in [0.1, 0.15) is 0 Å². The third-order valence-electron chi connectivity index (χ3n) is 6.24. The normalized spacial score (nSPS) is 10.6. The number of carbonyl (C=O) groups is 2. The number of rotatable bonds is 10. The number of aromatic nitrogens is 1. The number of benzene rings is 3. The Hall–Kier alpha value is -3.16. The summed E-state index contributed by atoms with van der Waals surface area (Å²) >= 11 is 0. The van der Waals surface area contributed by atoms with Crippen LogP contribution in [0.25, 0.3) is 10.9 Å². The molecule has 0 aliphatic heterocycles. The van der Waals surface area contributed by atoms with E-state index in [4.69, 9.17) is 5.73 Å². The Morgan fingerprint density at radius 1 is 0.865 bits per heavy atom. The molecule has 3 N–H and O–H groups in total. The largest absolute Gasteiger partial charge is 0.351 e. The molecule has 0 fully saturated rings. The van der Waals surface area contributed by atoms with Gasteiger partial charge < -0.3 is 16.0 Å². The highest BCUT2D eigenvalue weighted by Gasteiger charge is 2.13.